The van der Waals surface area contributed by atoms with Crippen LogP contribution in [-0.4, -0.2) is 23.9 Å². The highest BCUT2D eigenvalue weighted by molar-refractivity contribution is 5.85. The SMILES string of the molecule is CC(c1ccc(F)cc1)N(C)C(=O)C1CCCC(N)C1.Cl. The second kappa shape index (κ2) is 7.76. The van der Waals surface area contributed by atoms with Crippen molar-refractivity contribution < 1.29 is 9.18 Å². The average molecular weight is 315 g/mol. The van der Waals surface area contributed by atoms with Crippen LogP contribution in [0.25, 0.3) is 0 Å². The number of carbonyl (C=O) groups excluding carboxylic acids is 1. The van der Waals surface area contributed by atoms with E-state index in [4.69, 9.17) is 5.73 Å². The van der Waals surface area contributed by atoms with Crippen LogP contribution in [0.5, 0.6) is 0 Å². The lowest BCUT2D eigenvalue weighted by molar-refractivity contribution is -0.137. The number of nitrogens with two attached hydrogens (primary N) is 1. The van der Waals surface area contributed by atoms with Crippen molar-refractivity contribution in [3.63, 3.8) is 0 Å². The van der Waals surface area contributed by atoms with E-state index in [0.717, 1.165) is 31.2 Å². The first-order valence-corrected chi connectivity index (χ1v) is 7.26. The van der Waals surface area contributed by atoms with E-state index in [1.807, 2.05) is 14.0 Å². The maximum atomic E-state index is 12.9. The summed E-state index contributed by atoms with van der Waals surface area (Å²) in [7, 11) is 1.82. The standard InChI is InChI=1S/C16H23FN2O.ClH/c1-11(12-6-8-14(17)9-7-12)19(2)16(20)13-4-3-5-15(18)10-13;/h6-9,11,13,15H,3-5,10,18H2,1-2H3;1H. The molecular weight excluding hydrogens is 291 g/mol. The summed E-state index contributed by atoms with van der Waals surface area (Å²) in [6.45, 7) is 1.97. The highest BCUT2D eigenvalue weighted by Crippen LogP contribution is 2.28. The predicted molar refractivity (Wildman–Crippen MR) is 84.8 cm³/mol. The first kappa shape index (κ1) is 17.9. The van der Waals surface area contributed by atoms with Gasteiger partial charge in [-0.05, 0) is 43.9 Å². The molecule has 3 nitrogen and oxygen atoms in total. The molecule has 3 atom stereocenters. The van der Waals surface area contributed by atoms with Gasteiger partial charge in [-0.3, -0.25) is 4.79 Å². The average Bonchev–Trinajstić information content (AvgIpc) is 2.46. The zero-order valence-electron chi connectivity index (χ0n) is 12.6. The molecule has 1 amide bonds. The summed E-state index contributed by atoms with van der Waals surface area (Å²) in [5, 5.41) is 0. The van der Waals surface area contributed by atoms with E-state index in [1.54, 1.807) is 17.0 Å². The van der Waals surface area contributed by atoms with E-state index in [9.17, 15) is 9.18 Å². The van der Waals surface area contributed by atoms with Crippen molar-refractivity contribution in [3.05, 3.63) is 35.6 Å². The van der Waals surface area contributed by atoms with Crippen LogP contribution in [0.2, 0.25) is 0 Å². The summed E-state index contributed by atoms with van der Waals surface area (Å²) < 4.78 is 12.9. The second-order valence-electron chi connectivity index (χ2n) is 5.80. The Balaban J connectivity index is 0.00000220. The first-order valence-electron chi connectivity index (χ1n) is 7.26. The smallest absolute Gasteiger partial charge is 0.225 e. The van der Waals surface area contributed by atoms with Gasteiger partial charge in [-0.15, -0.1) is 12.4 Å². The molecule has 0 heterocycles. The summed E-state index contributed by atoms with van der Waals surface area (Å²) in [4.78, 5) is 14.3. The highest BCUT2D eigenvalue weighted by Gasteiger charge is 2.29. The molecule has 118 valence electrons. The Labute approximate surface area is 132 Å². The van der Waals surface area contributed by atoms with Crippen LogP contribution in [0.4, 0.5) is 4.39 Å². The van der Waals surface area contributed by atoms with Gasteiger partial charge in [-0.25, -0.2) is 4.39 Å². The quantitative estimate of drug-likeness (QED) is 0.930. The third-order valence-electron chi connectivity index (χ3n) is 4.34. The third kappa shape index (κ3) is 4.42. The molecule has 1 fully saturated rings. The van der Waals surface area contributed by atoms with Crippen LogP contribution in [0.1, 0.15) is 44.2 Å². The molecule has 1 aromatic rings. The van der Waals surface area contributed by atoms with Gasteiger partial charge in [-0.1, -0.05) is 18.6 Å². The Kier molecular flexibility index (Phi) is 6.62. The molecule has 0 bridgehead atoms. The van der Waals surface area contributed by atoms with Gasteiger partial charge in [0, 0.05) is 19.0 Å². The molecular formula is C16H24ClFN2O. The van der Waals surface area contributed by atoms with Gasteiger partial charge < -0.3 is 10.6 Å². The highest BCUT2D eigenvalue weighted by atomic mass is 35.5. The molecule has 3 unspecified atom stereocenters. The van der Waals surface area contributed by atoms with Crippen molar-refractivity contribution >= 4 is 18.3 Å². The normalized spacial score (nSPS) is 23.0. The number of hydrogen-bond donors (Lipinski definition) is 1. The van der Waals surface area contributed by atoms with E-state index in [2.05, 4.69) is 0 Å². The molecule has 2 rings (SSSR count). The van der Waals surface area contributed by atoms with Crippen molar-refractivity contribution in [2.75, 3.05) is 7.05 Å². The van der Waals surface area contributed by atoms with E-state index in [1.165, 1.54) is 12.1 Å². The molecule has 0 aromatic heterocycles. The zero-order valence-corrected chi connectivity index (χ0v) is 13.4. The second-order valence-corrected chi connectivity index (χ2v) is 5.80. The summed E-state index contributed by atoms with van der Waals surface area (Å²) in [5.41, 5.74) is 6.90. The first-order chi connectivity index (χ1) is 9.49. The van der Waals surface area contributed by atoms with E-state index in [-0.39, 0.29) is 42.1 Å². The van der Waals surface area contributed by atoms with Gasteiger partial charge in [0.25, 0.3) is 0 Å². The fourth-order valence-electron chi connectivity index (χ4n) is 2.90. The van der Waals surface area contributed by atoms with Crippen LogP contribution >= 0.6 is 12.4 Å². The van der Waals surface area contributed by atoms with Crippen molar-refractivity contribution in [3.8, 4) is 0 Å². The van der Waals surface area contributed by atoms with Crippen LogP contribution < -0.4 is 5.73 Å². The molecule has 1 saturated carbocycles. The lowest BCUT2D eigenvalue weighted by atomic mass is 9.85. The molecule has 5 heteroatoms. The topological polar surface area (TPSA) is 46.3 Å². The maximum absolute atomic E-state index is 12.9. The molecule has 21 heavy (non-hydrogen) atoms. The number of amides is 1. The van der Waals surface area contributed by atoms with E-state index >= 15 is 0 Å². The molecule has 1 aliphatic carbocycles. The fourth-order valence-corrected chi connectivity index (χ4v) is 2.90. The monoisotopic (exact) mass is 314 g/mol. The number of benzene rings is 1. The van der Waals surface area contributed by atoms with Crippen molar-refractivity contribution in [2.45, 2.75) is 44.7 Å². The van der Waals surface area contributed by atoms with Gasteiger partial charge >= 0.3 is 0 Å². The lowest BCUT2D eigenvalue weighted by Gasteiger charge is -2.32. The Morgan fingerprint density at radius 1 is 1.33 bits per heavy atom. The molecule has 1 aliphatic rings. The summed E-state index contributed by atoms with van der Waals surface area (Å²) in [6.07, 6.45) is 3.74. The van der Waals surface area contributed by atoms with Gasteiger partial charge in [0.2, 0.25) is 5.91 Å². The van der Waals surface area contributed by atoms with Crippen LogP contribution in [0.3, 0.4) is 0 Å². The zero-order chi connectivity index (χ0) is 14.7. The Morgan fingerprint density at radius 2 is 1.95 bits per heavy atom. The van der Waals surface area contributed by atoms with Crippen LogP contribution in [0, 0.1) is 11.7 Å². The van der Waals surface area contributed by atoms with Crippen LogP contribution in [-0.2, 0) is 4.79 Å². The molecule has 2 N–H and O–H groups in total. The number of halogens is 2. The predicted octanol–water partition coefficient (Wildman–Crippen LogP) is 3.28. The fraction of sp³-hybridized carbons (Fsp3) is 0.562. The Morgan fingerprint density at radius 3 is 2.52 bits per heavy atom. The third-order valence-corrected chi connectivity index (χ3v) is 4.34. The van der Waals surface area contributed by atoms with Crippen molar-refractivity contribution in [2.24, 2.45) is 11.7 Å². The largest absolute Gasteiger partial charge is 0.339 e. The minimum absolute atomic E-state index is 0. The summed E-state index contributed by atoms with van der Waals surface area (Å²) >= 11 is 0. The van der Waals surface area contributed by atoms with Crippen molar-refractivity contribution in [1.29, 1.82) is 0 Å². The minimum Gasteiger partial charge on any atom is -0.339 e. The van der Waals surface area contributed by atoms with Gasteiger partial charge in [-0.2, -0.15) is 0 Å². The van der Waals surface area contributed by atoms with Gasteiger partial charge in [0.1, 0.15) is 5.82 Å². The number of rotatable bonds is 3. The van der Waals surface area contributed by atoms with Crippen molar-refractivity contribution in [1.82, 2.24) is 4.90 Å². The number of carbonyl (C=O) groups is 1. The molecule has 1 aromatic carbocycles. The number of hydrogen-bond acceptors (Lipinski definition) is 2. The maximum Gasteiger partial charge on any atom is 0.225 e. The molecule has 0 saturated heterocycles. The Hall–Kier alpha value is -1.13. The molecule has 0 spiro atoms. The summed E-state index contributed by atoms with van der Waals surface area (Å²) in [5.74, 6) is -0.0724. The van der Waals surface area contributed by atoms with Crippen LogP contribution in [0.15, 0.2) is 24.3 Å². The number of nitrogens with zero attached hydrogens (tertiary/aromatic N) is 1. The van der Waals surface area contributed by atoms with E-state index in [0.29, 0.717) is 0 Å². The minimum atomic E-state index is -0.256. The molecule has 0 radical (unpaired) electrons. The van der Waals surface area contributed by atoms with Gasteiger partial charge in [0.05, 0.1) is 6.04 Å². The summed E-state index contributed by atoms with van der Waals surface area (Å²) in [6, 6.07) is 6.42. The van der Waals surface area contributed by atoms with E-state index < -0.39 is 0 Å². The lowest BCUT2D eigenvalue weighted by Crippen LogP contribution is -2.39. The Bertz CT molecular complexity index is 466. The molecule has 0 aliphatic heterocycles. The van der Waals surface area contributed by atoms with Gasteiger partial charge in [0.15, 0.2) is 0 Å².